The standard InChI is InChI=1S/C9H9Cl2NOS/c1-5-7(9(13)12-4-14)2-6(10)3-8(5)11/h2-3,14H,4H2,1H3,(H,12,13). The Labute approximate surface area is 98.0 Å². The zero-order chi connectivity index (χ0) is 10.7. The summed E-state index contributed by atoms with van der Waals surface area (Å²) in [6, 6.07) is 3.19. The smallest absolute Gasteiger partial charge is 0.252 e. The van der Waals surface area contributed by atoms with E-state index in [4.69, 9.17) is 23.2 Å². The van der Waals surface area contributed by atoms with Gasteiger partial charge in [-0.15, -0.1) is 0 Å². The Morgan fingerprint density at radius 1 is 1.50 bits per heavy atom. The molecule has 0 fully saturated rings. The van der Waals surface area contributed by atoms with E-state index in [1.807, 2.05) is 0 Å². The quantitative estimate of drug-likeness (QED) is 0.613. The lowest BCUT2D eigenvalue weighted by molar-refractivity contribution is 0.0960. The maximum atomic E-state index is 11.5. The van der Waals surface area contributed by atoms with E-state index in [1.165, 1.54) is 0 Å². The number of thiol groups is 1. The van der Waals surface area contributed by atoms with Crippen LogP contribution in [0.3, 0.4) is 0 Å². The van der Waals surface area contributed by atoms with Crippen LogP contribution in [0, 0.1) is 6.92 Å². The molecule has 14 heavy (non-hydrogen) atoms. The molecule has 0 radical (unpaired) electrons. The minimum atomic E-state index is -0.220. The SMILES string of the molecule is Cc1c(Cl)cc(Cl)cc1C(=O)NCS. The predicted molar refractivity (Wildman–Crippen MR) is 62.5 cm³/mol. The molecule has 1 N–H and O–H groups in total. The fourth-order valence-electron chi connectivity index (χ4n) is 1.05. The summed E-state index contributed by atoms with van der Waals surface area (Å²) in [7, 11) is 0. The van der Waals surface area contributed by atoms with Crippen LogP contribution in [-0.2, 0) is 0 Å². The van der Waals surface area contributed by atoms with Gasteiger partial charge in [-0.05, 0) is 24.6 Å². The number of carbonyl (C=O) groups excluding carboxylic acids is 1. The molecule has 1 aromatic rings. The van der Waals surface area contributed by atoms with E-state index < -0.39 is 0 Å². The second-order valence-corrected chi connectivity index (χ2v) is 3.88. The molecule has 0 saturated carbocycles. The molecule has 5 heteroatoms. The van der Waals surface area contributed by atoms with Crippen molar-refractivity contribution in [2.24, 2.45) is 0 Å². The first-order chi connectivity index (χ1) is 6.56. The van der Waals surface area contributed by atoms with E-state index in [0.29, 0.717) is 15.6 Å². The average Bonchev–Trinajstić information content (AvgIpc) is 2.11. The normalized spacial score (nSPS) is 10.0. The van der Waals surface area contributed by atoms with Crippen LogP contribution in [0.2, 0.25) is 10.0 Å². The van der Waals surface area contributed by atoms with Gasteiger partial charge in [0.15, 0.2) is 0 Å². The molecule has 1 amide bonds. The highest BCUT2D eigenvalue weighted by atomic mass is 35.5. The zero-order valence-corrected chi connectivity index (χ0v) is 9.88. The zero-order valence-electron chi connectivity index (χ0n) is 7.47. The first kappa shape index (κ1) is 11.7. The van der Waals surface area contributed by atoms with Crippen molar-refractivity contribution < 1.29 is 4.79 Å². The molecule has 0 heterocycles. The van der Waals surface area contributed by atoms with Crippen molar-refractivity contribution in [1.29, 1.82) is 0 Å². The molecule has 0 aromatic heterocycles. The Hall–Kier alpha value is -0.380. The first-order valence-electron chi connectivity index (χ1n) is 3.91. The molecule has 0 atom stereocenters. The summed E-state index contributed by atoms with van der Waals surface area (Å²) >= 11 is 15.6. The van der Waals surface area contributed by atoms with Gasteiger partial charge in [-0.2, -0.15) is 12.6 Å². The number of hydrogen-bond acceptors (Lipinski definition) is 2. The van der Waals surface area contributed by atoms with E-state index in [-0.39, 0.29) is 11.8 Å². The van der Waals surface area contributed by atoms with Crippen LogP contribution in [-0.4, -0.2) is 11.8 Å². The van der Waals surface area contributed by atoms with Gasteiger partial charge >= 0.3 is 0 Å². The number of amides is 1. The minimum Gasteiger partial charge on any atom is -0.343 e. The van der Waals surface area contributed by atoms with Gasteiger partial charge in [-0.3, -0.25) is 4.79 Å². The fourth-order valence-corrected chi connectivity index (χ4v) is 1.69. The number of hydrogen-bond donors (Lipinski definition) is 2. The maximum absolute atomic E-state index is 11.5. The molecule has 0 saturated heterocycles. The minimum absolute atomic E-state index is 0.220. The Morgan fingerprint density at radius 2 is 2.14 bits per heavy atom. The van der Waals surface area contributed by atoms with E-state index in [9.17, 15) is 4.79 Å². The van der Waals surface area contributed by atoms with Crippen molar-refractivity contribution in [3.8, 4) is 0 Å². The van der Waals surface area contributed by atoms with Gasteiger partial charge in [0.2, 0.25) is 0 Å². The second-order valence-electron chi connectivity index (χ2n) is 2.72. The third-order valence-corrected chi connectivity index (χ3v) is 2.56. The Balaban J connectivity index is 3.13. The molecule has 0 aliphatic carbocycles. The predicted octanol–water partition coefficient (Wildman–Crippen LogP) is 2.92. The van der Waals surface area contributed by atoms with Gasteiger partial charge in [0, 0.05) is 15.6 Å². The molecule has 1 aromatic carbocycles. The van der Waals surface area contributed by atoms with Crippen LogP contribution in [0.15, 0.2) is 12.1 Å². The third kappa shape index (κ3) is 2.56. The maximum Gasteiger partial charge on any atom is 0.252 e. The van der Waals surface area contributed by atoms with Crippen molar-refractivity contribution in [1.82, 2.24) is 5.32 Å². The fraction of sp³-hybridized carbons (Fsp3) is 0.222. The van der Waals surface area contributed by atoms with E-state index >= 15 is 0 Å². The highest BCUT2D eigenvalue weighted by molar-refractivity contribution is 7.80. The summed E-state index contributed by atoms with van der Waals surface area (Å²) in [5.74, 6) is 0.0597. The highest BCUT2D eigenvalue weighted by Gasteiger charge is 2.11. The Kier molecular flexibility index (Phi) is 4.11. The lowest BCUT2D eigenvalue weighted by atomic mass is 10.1. The number of nitrogens with one attached hydrogen (secondary N) is 1. The van der Waals surface area contributed by atoms with Crippen molar-refractivity contribution in [3.63, 3.8) is 0 Å². The van der Waals surface area contributed by atoms with Crippen molar-refractivity contribution in [2.75, 3.05) is 5.88 Å². The highest BCUT2D eigenvalue weighted by Crippen LogP contribution is 2.24. The van der Waals surface area contributed by atoms with Crippen LogP contribution in [0.25, 0.3) is 0 Å². The molecule has 0 aliphatic heterocycles. The van der Waals surface area contributed by atoms with Crippen LogP contribution < -0.4 is 5.32 Å². The van der Waals surface area contributed by atoms with Crippen molar-refractivity contribution in [3.05, 3.63) is 33.3 Å². The van der Waals surface area contributed by atoms with Crippen LogP contribution in [0.5, 0.6) is 0 Å². The summed E-state index contributed by atoms with van der Waals surface area (Å²) in [5, 5.41) is 3.50. The lowest BCUT2D eigenvalue weighted by Gasteiger charge is -2.07. The van der Waals surface area contributed by atoms with E-state index in [1.54, 1.807) is 19.1 Å². The summed E-state index contributed by atoms with van der Waals surface area (Å²) in [6.45, 7) is 1.77. The van der Waals surface area contributed by atoms with Gasteiger partial charge in [0.25, 0.3) is 5.91 Å². The number of benzene rings is 1. The van der Waals surface area contributed by atoms with Gasteiger partial charge in [-0.1, -0.05) is 23.2 Å². The lowest BCUT2D eigenvalue weighted by Crippen LogP contribution is -2.22. The molecule has 2 nitrogen and oxygen atoms in total. The van der Waals surface area contributed by atoms with Crippen LogP contribution in [0.4, 0.5) is 0 Å². The van der Waals surface area contributed by atoms with E-state index in [0.717, 1.165) is 5.56 Å². The summed E-state index contributed by atoms with van der Waals surface area (Å²) in [5.41, 5.74) is 1.20. The van der Waals surface area contributed by atoms with Crippen molar-refractivity contribution in [2.45, 2.75) is 6.92 Å². The monoisotopic (exact) mass is 249 g/mol. The third-order valence-electron chi connectivity index (χ3n) is 1.79. The van der Waals surface area contributed by atoms with Crippen LogP contribution in [0.1, 0.15) is 15.9 Å². The first-order valence-corrected chi connectivity index (χ1v) is 5.29. The number of rotatable bonds is 2. The number of carbonyl (C=O) groups is 1. The van der Waals surface area contributed by atoms with Gasteiger partial charge in [-0.25, -0.2) is 0 Å². The molecular formula is C9H9Cl2NOS. The second kappa shape index (κ2) is 4.91. The topological polar surface area (TPSA) is 29.1 Å². The molecule has 0 unspecified atom stereocenters. The summed E-state index contributed by atoms with van der Waals surface area (Å²) in [6.07, 6.45) is 0. The van der Waals surface area contributed by atoms with Crippen molar-refractivity contribution >= 4 is 41.7 Å². The largest absolute Gasteiger partial charge is 0.343 e. The Morgan fingerprint density at radius 3 is 2.71 bits per heavy atom. The molecule has 0 spiro atoms. The average molecular weight is 250 g/mol. The molecule has 0 aliphatic rings. The molecule has 1 rings (SSSR count). The number of halogens is 2. The van der Waals surface area contributed by atoms with Gasteiger partial charge in [0.1, 0.15) is 0 Å². The van der Waals surface area contributed by atoms with Gasteiger partial charge < -0.3 is 5.32 Å². The summed E-state index contributed by atoms with van der Waals surface area (Å²) in [4.78, 5) is 11.5. The van der Waals surface area contributed by atoms with E-state index in [2.05, 4.69) is 17.9 Å². The molecule has 0 bridgehead atoms. The summed E-state index contributed by atoms with van der Waals surface area (Å²) < 4.78 is 0. The van der Waals surface area contributed by atoms with Gasteiger partial charge in [0.05, 0.1) is 5.88 Å². The van der Waals surface area contributed by atoms with Crippen LogP contribution >= 0.6 is 35.8 Å². The Bertz CT molecular complexity index is 368. The molecular weight excluding hydrogens is 241 g/mol. The molecule has 76 valence electrons.